The number of fused-ring (bicyclic) bond motifs is 2. The van der Waals surface area contributed by atoms with E-state index in [2.05, 4.69) is 81.9 Å². The fraction of sp³-hybridized carbons (Fsp3) is 0.0690. The Labute approximate surface area is 393 Å². The van der Waals surface area contributed by atoms with Crippen LogP contribution in [0.1, 0.15) is 46.0 Å². The molecule has 2 aliphatic rings. The molecule has 68 heavy (non-hydrogen) atoms. The summed E-state index contributed by atoms with van der Waals surface area (Å²) >= 11 is 0. The van der Waals surface area contributed by atoms with Gasteiger partial charge in [0, 0.05) is 82.1 Å². The van der Waals surface area contributed by atoms with Gasteiger partial charge in [-0.25, -0.2) is 0 Å². The topological polar surface area (TPSA) is 130 Å². The van der Waals surface area contributed by atoms with Crippen molar-refractivity contribution in [2.75, 3.05) is 0 Å². The van der Waals surface area contributed by atoms with E-state index in [-0.39, 0.29) is 22.9 Å². The molecule has 8 aromatic rings. The summed E-state index contributed by atoms with van der Waals surface area (Å²) < 4.78 is 4.47. The number of hydrogen-bond acceptors (Lipinski definition) is 6. The maximum atomic E-state index is 13.5. The number of non-ortho nitro benzene ring substituents is 2. The lowest BCUT2D eigenvalue weighted by molar-refractivity contribution is -0.385. The molecule has 2 aromatic heterocycles. The molecule has 0 spiro atoms. The number of allylic oxidation sites excluding steroid dienone is 6. The van der Waals surface area contributed by atoms with E-state index in [0.29, 0.717) is 35.4 Å². The van der Waals surface area contributed by atoms with Crippen LogP contribution in [0.2, 0.25) is 0 Å². The average molecular weight is 893 g/mol. The summed E-state index contributed by atoms with van der Waals surface area (Å²) in [6, 6.07) is 56.7. The van der Waals surface area contributed by atoms with Crippen LogP contribution in [0.5, 0.6) is 0 Å². The van der Waals surface area contributed by atoms with Crippen LogP contribution in [-0.2, 0) is 13.1 Å². The zero-order chi connectivity index (χ0) is 47.3. The molecule has 0 saturated heterocycles. The summed E-state index contributed by atoms with van der Waals surface area (Å²) in [5, 5.41) is 22.0. The van der Waals surface area contributed by atoms with Crippen molar-refractivity contribution in [1.29, 1.82) is 0 Å². The van der Waals surface area contributed by atoms with Gasteiger partial charge < -0.3 is 9.13 Å². The Morgan fingerprint density at radius 1 is 0.441 bits per heavy atom. The van der Waals surface area contributed by atoms with E-state index in [1.165, 1.54) is 48.5 Å². The zero-order valence-electron chi connectivity index (χ0n) is 37.3. The Hall–Kier alpha value is -9.02. The minimum Gasteiger partial charge on any atom is -0.337 e. The summed E-state index contributed by atoms with van der Waals surface area (Å²) in [5.41, 5.74) is 14.3. The minimum absolute atomic E-state index is 0.0357. The largest absolute Gasteiger partial charge is 0.337 e. The summed E-state index contributed by atoms with van der Waals surface area (Å²) in [6.45, 7) is 5.13. The van der Waals surface area contributed by atoms with E-state index in [4.69, 9.17) is 0 Å². The number of aromatic nitrogens is 2. The molecule has 0 N–H and O–H groups in total. The first-order chi connectivity index (χ1) is 33.0. The highest BCUT2D eigenvalue weighted by Gasteiger charge is 2.25. The third-order valence-corrected chi connectivity index (χ3v) is 12.3. The molecule has 0 bridgehead atoms. The van der Waals surface area contributed by atoms with Crippen LogP contribution in [0.25, 0.3) is 56.9 Å². The average Bonchev–Trinajstić information content (AvgIpc) is 3.82. The first kappa shape index (κ1) is 44.2. The van der Waals surface area contributed by atoms with E-state index in [9.17, 15) is 29.8 Å². The lowest BCUT2D eigenvalue weighted by atomic mass is 9.95. The second kappa shape index (κ2) is 19.2. The summed E-state index contributed by atoms with van der Waals surface area (Å²) in [6.07, 6.45) is 8.04. The molecule has 0 atom stereocenters. The van der Waals surface area contributed by atoms with Gasteiger partial charge in [-0.05, 0) is 95.8 Å². The third-order valence-electron chi connectivity index (χ3n) is 12.3. The fourth-order valence-corrected chi connectivity index (χ4v) is 8.67. The number of carbonyl (C=O) groups excluding carboxylic acids is 2. The van der Waals surface area contributed by atoms with Crippen LogP contribution in [0.3, 0.4) is 0 Å². The molecule has 0 unspecified atom stereocenters. The third kappa shape index (κ3) is 8.98. The number of rotatable bonds is 10. The lowest BCUT2D eigenvalue weighted by Gasteiger charge is -2.10. The maximum Gasteiger partial charge on any atom is 0.269 e. The Balaban J connectivity index is 0.000000170. The van der Waals surface area contributed by atoms with Gasteiger partial charge in [0.05, 0.1) is 21.2 Å². The van der Waals surface area contributed by atoms with Crippen molar-refractivity contribution in [2.24, 2.45) is 0 Å². The summed E-state index contributed by atoms with van der Waals surface area (Å²) in [4.78, 5) is 48.1. The molecular weight excluding hydrogens is 849 g/mol. The second-order valence-electron chi connectivity index (χ2n) is 16.5. The first-order valence-electron chi connectivity index (χ1n) is 22.1. The van der Waals surface area contributed by atoms with Gasteiger partial charge in [0.2, 0.25) is 0 Å². The van der Waals surface area contributed by atoms with Gasteiger partial charge >= 0.3 is 0 Å². The number of nitro benzene ring substituents is 2. The van der Waals surface area contributed by atoms with Crippen LogP contribution >= 0.6 is 0 Å². The van der Waals surface area contributed by atoms with Crippen molar-refractivity contribution in [3.05, 3.63) is 259 Å². The second-order valence-corrected chi connectivity index (χ2v) is 16.5. The molecule has 0 fully saturated rings. The highest BCUT2D eigenvalue weighted by atomic mass is 16.6. The maximum absolute atomic E-state index is 13.5. The van der Waals surface area contributed by atoms with Crippen LogP contribution in [0.4, 0.5) is 11.4 Å². The highest BCUT2D eigenvalue weighted by molar-refractivity contribution is 6.15. The molecule has 0 saturated carbocycles. The standard InChI is InChI=1S/2C29H22N2O3/c2*1-20-16-17-30-27(22-10-6-3-7-11-22)19-26(21-8-4-2-5-9-21)28(30)18-25(20)29(32)23-12-14-24(15-13-23)31(33)34/h2*2-16,18-19H,17H2,1H3. The van der Waals surface area contributed by atoms with Gasteiger partial charge in [0.25, 0.3) is 11.4 Å². The van der Waals surface area contributed by atoms with E-state index in [1.807, 2.05) is 98.8 Å². The van der Waals surface area contributed by atoms with Crippen molar-refractivity contribution < 1.29 is 19.4 Å². The normalized spacial score (nSPS) is 12.9. The van der Waals surface area contributed by atoms with Crippen LogP contribution in [0, 0.1) is 20.2 Å². The predicted octanol–water partition coefficient (Wildman–Crippen LogP) is 13.9. The van der Waals surface area contributed by atoms with E-state index in [0.717, 1.165) is 67.3 Å². The van der Waals surface area contributed by atoms with Crippen molar-refractivity contribution >= 4 is 35.1 Å². The van der Waals surface area contributed by atoms with E-state index >= 15 is 0 Å². The Morgan fingerprint density at radius 3 is 1.06 bits per heavy atom. The number of nitro groups is 2. The number of ketones is 2. The molecule has 2 aliphatic heterocycles. The van der Waals surface area contributed by atoms with Gasteiger partial charge in [0.15, 0.2) is 11.6 Å². The fourth-order valence-electron chi connectivity index (χ4n) is 8.67. The van der Waals surface area contributed by atoms with Gasteiger partial charge in [-0.2, -0.15) is 0 Å². The van der Waals surface area contributed by atoms with Crippen LogP contribution < -0.4 is 0 Å². The molecule has 0 amide bonds. The predicted molar refractivity (Wildman–Crippen MR) is 269 cm³/mol. The quantitative estimate of drug-likeness (QED) is 0.0763. The van der Waals surface area contributed by atoms with Gasteiger partial charge in [-0.1, -0.05) is 133 Å². The number of Topliss-reactive ketones (excluding diaryl/α,β-unsaturated/α-hetero) is 2. The highest BCUT2D eigenvalue weighted by Crippen LogP contribution is 2.39. The van der Waals surface area contributed by atoms with E-state index in [1.54, 1.807) is 0 Å². The van der Waals surface area contributed by atoms with E-state index < -0.39 is 9.85 Å². The molecular formula is C58H44N4O6. The van der Waals surface area contributed by atoms with Crippen molar-refractivity contribution in [3.63, 3.8) is 0 Å². The Kier molecular flexibility index (Phi) is 12.5. The van der Waals surface area contributed by atoms with Crippen molar-refractivity contribution in [1.82, 2.24) is 9.13 Å². The Morgan fingerprint density at radius 2 is 0.750 bits per heavy atom. The SMILES string of the molecule is CC1=CCn2c(-c3ccccc3)cc(-c3ccccc3)c2C=C1C(=O)c1ccc([N+](=O)[O-])cc1.CC1=CCn2c(-c3ccccc3)cc(-c3ccccc3)c2C=C1C(=O)c1ccc([N+](=O)[O-])cc1. The summed E-state index contributed by atoms with van der Waals surface area (Å²) in [7, 11) is 0. The lowest BCUT2D eigenvalue weighted by Crippen LogP contribution is -2.05. The van der Waals surface area contributed by atoms with Crippen molar-refractivity contribution in [3.8, 4) is 44.8 Å². The first-order valence-corrected chi connectivity index (χ1v) is 22.1. The van der Waals surface area contributed by atoms with Gasteiger partial charge in [0.1, 0.15) is 0 Å². The molecule has 10 nitrogen and oxygen atoms in total. The van der Waals surface area contributed by atoms with Crippen LogP contribution in [0.15, 0.2) is 216 Å². The smallest absolute Gasteiger partial charge is 0.269 e. The van der Waals surface area contributed by atoms with Crippen molar-refractivity contribution in [2.45, 2.75) is 26.9 Å². The molecule has 10 heteroatoms. The molecule has 10 rings (SSSR count). The van der Waals surface area contributed by atoms with Gasteiger partial charge in [-0.3, -0.25) is 29.8 Å². The molecule has 6 aromatic carbocycles. The number of benzene rings is 6. The van der Waals surface area contributed by atoms with Crippen LogP contribution in [-0.4, -0.2) is 30.5 Å². The number of hydrogen-bond donors (Lipinski definition) is 0. The number of carbonyl (C=O) groups is 2. The number of nitrogens with zero attached hydrogens (tertiary/aromatic N) is 4. The van der Waals surface area contributed by atoms with Gasteiger partial charge in [-0.15, -0.1) is 0 Å². The minimum atomic E-state index is -0.464. The molecule has 0 radical (unpaired) electrons. The Bertz CT molecular complexity index is 3120. The molecule has 4 heterocycles. The monoisotopic (exact) mass is 892 g/mol. The molecule has 332 valence electrons. The molecule has 0 aliphatic carbocycles. The summed E-state index contributed by atoms with van der Waals surface area (Å²) in [5.74, 6) is -0.308. The zero-order valence-corrected chi connectivity index (χ0v) is 37.3.